The van der Waals surface area contributed by atoms with E-state index in [1.807, 2.05) is 32.0 Å². The molecule has 1 atom stereocenters. The number of carbonyl (C=O) groups is 1. The number of aromatic amines is 1. The average Bonchev–Trinajstić information content (AvgIpc) is 3.03. The molecule has 1 amide bonds. The quantitative estimate of drug-likeness (QED) is 0.611. The van der Waals surface area contributed by atoms with Gasteiger partial charge in [0.2, 0.25) is 11.8 Å². The maximum atomic E-state index is 12.3. The van der Waals surface area contributed by atoms with E-state index in [0.717, 1.165) is 28.1 Å². The van der Waals surface area contributed by atoms with Gasteiger partial charge in [-0.05, 0) is 54.8 Å². The van der Waals surface area contributed by atoms with Crippen molar-refractivity contribution in [2.75, 3.05) is 6.61 Å². The Kier molecular flexibility index (Phi) is 4.11. The van der Waals surface area contributed by atoms with Gasteiger partial charge in [0, 0.05) is 35.1 Å². The number of hydrogen-bond donors (Lipinski definition) is 3. The van der Waals surface area contributed by atoms with Crippen molar-refractivity contribution in [1.29, 1.82) is 0 Å². The molecule has 0 spiro atoms. The van der Waals surface area contributed by atoms with Gasteiger partial charge in [0.05, 0.1) is 6.04 Å². The van der Waals surface area contributed by atoms with Crippen LogP contribution in [-0.4, -0.2) is 28.5 Å². The van der Waals surface area contributed by atoms with Crippen molar-refractivity contribution in [3.8, 4) is 5.88 Å². The van der Waals surface area contributed by atoms with Crippen molar-refractivity contribution in [3.63, 3.8) is 0 Å². The number of rotatable bonds is 4. The van der Waals surface area contributed by atoms with Gasteiger partial charge in [-0.2, -0.15) is 0 Å². The van der Waals surface area contributed by atoms with Gasteiger partial charge in [0.25, 0.3) is 5.56 Å². The summed E-state index contributed by atoms with van der Waals surface area (Å²) in [6, 6.07) is 5.60. The van der Waals surface area contributed by atoms with Gasteiger partial charge in [0.15, 0.2) is 0 Å². The number of carbonyl (C=O) groups excluding carboxylic acids is 1. The van der Waals surface area contributed by atoms with E-state index in [2.05, 4.69) is 15.3 Å². The number of pyridine rings is 2. The van der Waals surface area contributed by atoms with Crippen molar-refractivity contribution in [2.45, 2.75) is 38.3 Å². The fraction of sp³-hybridized carbons (Fsp3) is 0.350. The number of benzene rings is 1. The predicted octanol–water partition coefficient (Wildman–Crippen LogP) is 1.93. The molecule has 7 nitrogen and oxygen atoms in total. The van der Waals surface area contributed by atoms with Gasteiger partial charge in [-0.3, -0.25) is 9.59 Å². The predicted molar refractivity (Wildman–Crippen MR) is 104 cm³/mol. The first kappa shape index (κ1) is 17.5. The molecule has 0 radical (unpaired) electrons. The van der Waals surface area contributed by atoms with Crippen LogP contribution in [0.25, 0.3) is 21.5 Å². The van der Waals surface area contributed by atoms with E-state index in [4.69, 9.17) is 10.5 Å². The van der Waals surface area contributed by atoms with Gasteiger partial charge in [-0.1, -0.05) is 0 Å². The third kappa shape index (κ3) is 3.26. The molecule has 0 saturated carbocycles. The number of nitrogens with zero attached hydrogens (tertiary/aromatic N) is 1. The molecule has 0 aliphatic carbocycles. The Hall–Kier alpha value is -2.93. The third-order valence-corrected chi connectivity index (χ3v) is 4.95. The second-order valence-electron chi connectivity index (χ2n) is 7.60. The number of fused-ring (bicyclic) bond motifs is 2. The summed E-state index contributed by atoms with van der Waals surface area (Å²) >= 11 is 0. The summed E-state index contributed by atoms with van der Waals surface area (Å²) in [7, 11) is 0. The topological polar surface area (TPSA) is 110 Å². The van der Waals surface area contributed by atoms with Crippen molar-refractivity contribution in [3.05, 3.63) is 46.5 Å². The number of ether oxygens (including phenoxy) is 1. The lowest BCUT2D eigenvalue weighted by atomic mass is 9.91. The van der Waals surface area contributed by atoms with Crippen molar-refractivity contribution in [2.24, 2.45) is 5.73 Å². The Morgan fingerprint density at radius 2 is 2.07 bits per heavy atom. The highest BCUT2D eigenvalue weighted by molar-refractivity contribution is 6.01. The van der Waals surface area contributed by atoms with Gasteiger partial charge >= 0.3 is 0 Å². The van der Waals surface area contributed by atoms with Gasteiger partial charge in [0.1, 0.15) is 6.61 Å². The zero-order valence-corrected chi connectivity index (χ0v) is 15.3. The molecule has 27 heavy (non-hydrogen) atoms. The van der Waals surface area contributed by atoms with E-state index < -0.39 is 5.54 Å². The molecule has 0 unspecified atom stereocenters. The van der Waals surface area contributed by atoms with E-state index in [-0.39, 0.29) is 17.5 Å². The van der Waals surface area contributed by atoms with Crippen LogP contribution in [0.15, 0.2) is 35.4 Å². The summed E-state index contributed by atoms with van der Waals surface area (Å²) in [5.74, 6) is 0.533. The molecule has 2 aromatic heterocycles. The number of aromatic nitrogens is 2. The minimum Gasteiger partial charge on any atom is -0.475 e. The van der Waals surface area contributed by atoms with Crippen LogP contribution in [0.2, 0.25) is 0 Å². The fourth-order valence-corrected chi connectivity index (χ4v) is 3.53. The molecular formula is C20H22N4O3. The van der Waals surface area contributed by atoms with Crippen LogP contribution in [0, 0.1) is 0 Å². The zero-order valence-electron chi connectivity index (χ0n) is 15.3. The van der Waals surface area contributed by atoms with Crippen LogP contribution >= 0.6 is 0 Å². The standard InChI is InChI=1S/C20H22N4O3/c1-20(2,21)16-9-23-18(26)15-7-11-5-6-22-19(13(11)8-14(15)16)27-10-12-3-4-17(25)24-12/h5-9,12H,3-4,10,21H2,1-2H3,(H,23,26)(H,24,25)/t12-/m0/s1. The summed E-state index contributed by atoms with van der Waals surface area (Å²) in [6.45, 7) is 4.15. The number of hydrogen-bond acceptors (Lipinski definition) is 5. The maximum absolute atomic E-state index is 12.3. The minimum atomic E-state index is -0.618. The van der Waals surface area contributed by atoms with E-state index in [1.165, 1.54) is 0 Å². The molecule has 1 aliphatic heterocycles. The highest BCUT2D eigenvalue weighted by Gasteiger charge is 2.22. The second kappa shape index (κ2) is 6.35. The van der Waals surface area contributed by atoms with Gasteiger partial charge in [-0.15, -0.1) is 0 Å². The van der Waals surface area contributed by atoms with Gasteiger partial charge < -0.3 is 20.8 Å². The minimum absolute atomic E-state index is 0.00334. The molecular weight excluding hydrogens is 344 g/mol. The van der Waals surface area contributed by atoms with E-state index in [9.17, 15) is 9.59 Å². The van der Waals surface area contributed by atoms with E-state index in [1.54, 1.807) is 12.4 Å². The first-order chi connectivity index (χ1) is 12.8. The maximum Gasteiger partial charge on any atom is 0.255 e. The molecule has 1 saturated heterocycles. The Labute approximate surface area is 155 Å². The molecule has 4 N–H and O–H groups in total. The monoisotopic (exact) mass is 366 g/mol. The molecule has 7 heteroatoms. The molecule has 1 aliphatic rings. The summed E-state index contributed by atoms with van der Waals surface area (Å²) in [5.41, 5.74) is 6.37. The summed E-state index contributed by atoms with van der Waals surface area (Å²) < 4.78 is 5.91. The lowest BCUT2D eigenvalue weighted by molar-refractivity contribution is -0.119. The molecule has 3 aromatic rings. The van der Waals surface area contributed by atoms with Crippen molar-refractivity contribution in [1.82, 2.24) is 15.3 Å². The molecule has 0 bridgehead atoms. The van der Waals surface area contributed by atoms with Crippen LogP contribution < -0.4 is 21.3 Å². The zero-order chi connectivity index (χ0) is 19.2. The molecule has 4 rings (SSSR count). The highest BCUT2D eigenvalue weighted by atomic mass is 16.5. The third-order valence-electron chi connectivity index (χ3n) is 4.95. The first-order valence-electron chi connectivity index (χ1n) is 8.98. The average molecular weight is 366 g/mol. The Morgan fingerprint density at radius 1 is 1.26 bits per heavy atom. The smallest absolute Gasteiger partial charge is 0.255 e. The summed E-state index contributed by atoms with van der Waals surface area (Å²) in [6.07, 6.45) is 4.61. The first-order valence-corrected chi connectivity index (χ1v) is 8.98. The lowest BCUT2D eigenvalue weighted by Crippen LogP contribution is -2.31. The number of nitrogens with one attached hydrogen (secondary N) is 2. The molecule has 1 aromatic carbocycles. The van der Waals surface area contributed by atoms with Crippen LogP contribution in [0.5, 0.6) is 5.88 Å². The van der Waals surface area contributed by atoms with E-state index in [0.29, 0.717) is 24.3 Å². The van der Waals surface area contributed by atoms with Crippen LogP contribution in [0.1, 0.15) is 32.3 Å². The lowest BCUT2D eigenvalue weighted by Gasteiger charge is -2.21. The molecule has 1 fully saturated rings. The van der Waals surface area contributed by atoms with E-state index >= 15 is 0 Å². The van der Waals surface area contributed by atoms with Crippen LogP contribution in [-0.2, 0) is 10.3 Å². The van der Waals surface area contributed by atoms with Crippen molar-refractivity contribution >= 4 is 27.5 Å². The van der Waals surface area contributed by atoms with Crippen LogP contribution in [0.3, 0.4) is 0 Å². The highest BCUT2D eigenvalue weighted by Crippen LogP contribution is 2.31. The normalized spacial score (nSPS) is 17.4. The van der Waals surface area contributed by atoms with Crippen LogP contribution in [0.4, 0.5) is 0 Å². The van der Waals surface area contributed by atoms with Crippen molar-refractivity contribution < 1.29 is 9.53 Å². The second-order valence-corrected chi connectivity index (χ2v) is 7.60. The summed E-state index contributed by atoms with van der Waals surface area (Å²) in [4.78, 5) is 30.8. The largest absolute Gasteiger partial charge is 0.475 e. The number of nitrogens with two attached hydrogens (primary N) is 1. The van der Waals surface area contributed by atoms with Gasteiger partial charge in [-0.25, -0.2) is 4.98 Å². The Morgan fingerprint density at radius 3 is 2.78 bits per heavy atom. The SMILES string of the molecule is CC(C)(N)c1c[nH]c(=O)c2cc3ccnc(OC[C@@H]4CCC(=O)N4)c3cc12. The Balaban J connectivity index is 1.81. The number of amides is 1. The fourth-order valence-electron chi connectivity index (χ4n) is 3.53. The Bertz CT molecular complexity index is 1100. The summed E-state index contributed by atoms with van der Waals surface area (Å²) in [5, 5.41) is 5.92. The molecule has 140 valence electrons. The number of H-pyrrole nitrogens is 1. The molecule has 3 heterocycles.